The van der Waals surface area contributed by atoms with E-state index in [0.717, 1.165) is 32.4 Å². The Labute approximate surface area is 129 Å². The van der Waals surface area contributed by atoms with Crippen LogP contribution in [0, 0.1) is 5.92 Å². The van der Waals surface area contributed by atoms with Crippen molar-refractivity contribution in [2.75, 3.05) is 26.7 Å². The number of hydrogen-bond acceptors (Lipinski definition) is 3. The van der Waals surface area contributed by atoms with Crippen LogP contribution in [0.15, 0.2) is 0 Å². The highest BCUT2D eigenvalue weighted by Gasteiger charge is 2.24. The first-order valence-electron chi connectivity index (χ1n) is 7.88. The van der Waals surface area contributed by atoms with Gasteiger partial charge in [-0.15, -0.1) is 12.4 Å². The van der Waals surface area contributed by atoms with Crippen LogP contribution in [0.3, 0.4) is 0 Å². The van der Waals surface area contributed by atoms with Crippen molar-refractivity contribution >= 4 is 18.3 Å². The molecule has 2 N–H and O–H groups in total. The van der Waals surface area contributed by atoms with Gasteiger partial charge in [-0.2, -0.15) is 0 Å². The van der Waals surface area contributed by atoms with Gasteiger partial charge in [0.25, 0.3) is 0 Å². The summed E-state index contributed by atoms with van der Waals surface area (Å²) in [5.41, 5.74) is 0. The first-order valence-corrected chi connectivity index (χ1v) is 7.88. The molecule has 1 saturated heterocycles. The fourth-order valence-electron chi connectivity index (χ4n) is 3.37. The predicted octanol–water partition coefficient (Wildman–Crippen LogP) is 1.79. The molecule has 0 aromatic rings. The summed E-state index contributed by atoms with van der Waals surface area (Å²) < 4.78 is 0. The molecule has 2 atom stereocenters. The molecule has 2 rings (SSSR count). The van der Waals surface area contributed by atoms with Gasteiger partial charge < -0.3 is 10.6 Å². The van der Waals surface area contributed by atoms with Gasteiger partial charge in [0.2, 0.25) is 5.91 Å². The lowest BCUT2D eigenvalue weighted by Gasteiger charge is -2.33. The number of rotatable bonds is 4. The molecule has 1 heterocycles. The molecule has 1 aliphatic heterocycles. The zero-order valence-electron chi connectivity index (χ0n) is 12.9. The number of amides is 1. The van der Waals surface area contributed by atoms with Crippen molar-refractivity contribution in [3.8, 4) is 0 Å². The first kappa shape index (κ1) is 17.7. The third kappa shape index (κ3) is 5.23. The van der Waals surface area contributed by atoms with Gasteiger partial charge in [-0.25, -0.2) is 0 Å². The lowest BCUT2D eigenvalue weighted by Crippen LogP contribution is -2.48. The van der Waals surface area contributed by atoms with E-state index in [2.05, 4.69) is 22.5 Å². The van der Waals surface area contributed by atoms with Crippen LogP contribution in [0.4, 0.5) is 0 Å². The van der Waals surface area contributed by atoms with Gasteiger partial charge in [0.05, 0.1) is 6.54 Å². The number of hydrogen-bond donors (Lipinski definition) is 2. The van der Waals surface area contributed by atoms with Crippen LogP contribution in [-0.4, -0.2) is 49.6 Å². The van der Waals surface area contributed by atoms with Crippen LogP contribution in [0.1, 0.15) is 45.4 Å². The van der Waals surface area contributed by atoms with E-state index in [9.17, 15) is 4.79 Å². The van der Waals surface area contributed by atoms with Crippen LogP contribution < -0.4 is 10.6 Å². The minimum atomic E-state index is 0. The van der Waals surface area contributed by atoms with Gasteiger partial charge >= 0.3 is 0 Å². The number of nitrogens with one attached hydrogen (secondary N) is 2. The normalized spacial score (nSPS) is 28.7. The predicted molar refractivity (Wildman–Crippen MR) is 85.3 cm³/mol. The van der Waals surface area contributed by atoms with Gasteiger partial charge in [0, 0.05) is 25.2 Å². The summed E-state index contributed by atoms with van der Waals surface area (Å²) in [5.74, 6) is 0.870. The van der Waals surface area contributed by atoms with Crippen LogP contribution in [-0.2, 0) is 4.79 Å². The van der Waals surface area contributed by atoms with E-state index in [-0.39, 0.29) is 18.3 Å². The number of carbonyl (C=O) groups excluding carboxylic acids is 1. The summed E-state index contributed by atoms with van der Waals surface area (Å²) >= 11 is 0. The van der Waals surface area contributed by atoms with Crippen molar-refractivity contribution in [1.82, 2.24) is 15.5 Å². The van der Waals surface area contributed by atoms with E-state index in [0.29, 0.717) is 24.5 Å². The molecule has 118 valence electrons. The summed E-state index contributed by atoms with van der Waals surface area (Å²) in [6.45, 7) is 4.93. The standard InChI is InChI=1S/C15H29N3O.ClH/c1-12-5-3-4-6-14(12)17-15(19)11-18-9-7-13(16-2)8-10-18;/h12-14,16H,3-11H2,1-2H3,(H,17,19);1H. The van der Waals surface area contributed by atoms with Crippen molar-refractivity contribution in [2.45, 2.75) is 57.5 Å². The van der Waals surface area contributed by atoms with Crippen LogP contribution in [0.2, 0.25) is 0 Å². The molecule has 5 heteroatoms. The lowest BCUT2D eigenvalue weighted by molar-refractivity contribution is -0.123. The SMILES string of the molecule is CNC1CCN(CC(=O)NC2CCCCC2C)CC1.Cl. The molecule has 0 bridgehead atoms. The highest BCUT2D eigenvalue weighted by atomic mass is 35.5. The molecule has 0 radical (unpaired) electrons. The van der Waals surface area contributed by atoms with E-state index in [1.165, 1.54) is 19.3 Å². The van der Waals surface area contributed by atoms with E-state index < -0.39 is 0 Å². The molecule has 0 spiro atoms. The fraction of sp³-hybridized carbons (Fsp3) is 0.933. The van der Waals surface area contributed by atoms with Crippen molar-refractivity contribution in [3.63, 3.8) is 0 Å². The molecule has 2 unspecified atom stereocenters. The number of piperidine rings is 1. The molecule has 0 aromatic heterocycles. The van der Waals surface area contributed by atoms with E-state index in [4.69, 9.17) is 0 Å². The van der Waals surface area contributed by atoms with Crippen LogP contribution in [0.25, 0.3) is 0 Å². The third-order valence-corrected chi connectivity index (χ3v) is 4.82. The molecular weight excluding hydrogens is 274 g/mol. The third-order valence-electron chi connectivity index (χ3n) is 4.82. The quantitative estimate of drug-likeness (QED) is 0.832. The lowest BCUT2D eigenvalue weighted by atomic mass is 9.86. The highest BCUT2D eigenvalue weighted by molar-refractivity contribution is 5.85. The Bertz CT molecular complexity index is 293. The van der Waals surface area contributed by atoms with Gasteiger partial charge in [-0.05, 0) is 38.6 Å². The maximum atomic E-state index is 12.1. The Kier molecular flexibility index (Phi) is 7.85. The average Bonchev–Trinajstić information content (AvgIpc) is 2.42. The zero-order chi connectivity index (χ0) is 13.7. The Morgan fingerprint density at radius 3 is 2.40 bits per heavy atom. The molecule has 20 heavy (non-hydrogen) atoms. The smallest absolute Gasteiger partial charge is 0.234 e. The van der Waals surface area contributed by atoms with E-state index in [1.807, 2.05) is 7.05 Å². The van der Waals surface area contributed by atoms with Crippen molar-refractivity contribution in [2.24, 2.45) is 5.92 Å². The van der Waals surface area contributed by atoms with Crippen LogP contribution >= 0.6 is 12.4 Å². The molecule has 1 saturated carbocycles. The number of carbonyl (C=O) groups is 1. The van der Waals surface area contributed by atoms with Crippen molar-refractivity contribution in [1.29, 1.82) is 0 Å². The van der Waals surface area contributed by atoms with Crippen LogP contribution in [0.5, 0.6) is 0 Å². The monoisotopic (exact) mass is 303 g/mol. The largest absolute Gasteiger partial charge is 0.352 e. The summed E-state index contributed by atoms with van der Waals surface area (Å²) in [7, 11) is 2.03. The molecule has 1 amide bonds. The van der Waals surface area contributed by atoms with Gasteiger partial charge in [0.15, 0.2) is 0 Å². The van der Waals surface area contributed by atoms with E-state index >= 15 is 0 Å². The summed E-state index contributed by atoms with van der Waals surface area (Å²) in [6, 6.07) is 1.05. The van der Waals surface area contributed by atoms with Crippen molar-refractivity contribution < 1.29 is 4.79 Å². The Morgan fingerprint density at radius 1 is 1.15 bits per heavy atom. The Hall–Kier alpha value is -0.320. The number of likely N-dealkylation sites (tertiary alicyclic amines) is 1. The molecule has 2 fully saturated rings. The molecule has 4 nitrogen and oxygen atoms in total. The maximum absolute atomic E-state index is 12.1. The molecule has 2 aliphatic rings. The second-order valence-electron chi connectivity index (χ2n) is 6.27. The average molecular weight is 304 g/mol. The summed E-state index contributed by atoms with van der Waals surface area (Å²) in [4.78, 5) is 14.4. The van der Waals surface area contributed by atoms with Gasteiger partial charge in [0.1, 0.15) is 0 Å². The summed E-state index contributed by atoms with van der Waals surface area (Å²) in [5, 5.41) is 6.57. The van der Waals surface area contributed by atoms with E-state index in [1.54, 1.807) is 0 Å². The highest BCUT2D eigenvalue weighted by Crippen LogP contribution is 2.23. The minimum absolute atomic E-state index is 0. The Morgan fingerprint density at radius 2 is 1.80 bits per heavy atom. The van der Waals surface area contributed by atoms with Gasteiger partial charge in [-0.3, -0.25) is 9.69 Å². The molecule has 0 aromatic carbocycles. The second kappa shape index (κ2) is 8.85. The first-order chi connectivity index (χ1) is 9.19. The number of nitrogens with zero attached hydrogens (tertiary/aromatic N) is 1. The topological polar surface area (TPSA) is 44.4 Å². The molecular formula is C15H30ClN3O. The van der Waals surface area contributed by atoms with Gasteiger partial charge in [-0.1, -0.05) is 19.8 Å². The second-order valence-corrected chi connectivity index (χ2v) is 6.27. The zero-order valence-corrected chi connectivity index (χ0v) is 13.7. The number of halogens is 1. The Balaban J connectivity index is 0.00000200. The molecule has 1 aliphatic carbocycles. The maximum Gasteiger partial charge on any atom is 0.234 e. The fourth-order valence-corrected chi connectivity index (χ4v) is 3.37. The summed E-state index contributed by atoms with van der Waals surface area (Å²) in [6.07, 6.45) is 7.33. The minimum Gasteiger partial charge on any atom is -0.352 e. The van der Waals surface area contributed by atoms with Crippen molar-refractivity contribution in [3.05, 3.63) is 0 Å².